The molecule has 1 aromatic heterocycles. The van der Waals surface area contributed by atoms with Crippen LogP contribution in [0, 0.1) is 0 Å². The highest BCUT2D eigenvalue weighted by Crippen LogP contribution is 2.17. The zero-order chi connectivity index (χ0) is 13.1. The molecule has 96 valence electrons. The third-order valence-electron chi connectivity index (χ3n) is 3.18. The van der Waals surface area contributed by atoms with Crippen LogP contribution in [0.3, 0.4) is 0 Å². The maximum Gasteiger partial charge on any atom is 0.254 e. The normalized spacial score (nSPS) is 11.3. The van der Waals surface area contributed by atoms with Gasteiger partial charge >= 0.3 is 0 Å². The van der Waals surface area contributed by atoms with Crippen molar-refractivity contribution in [3.63, 3.8) is 0 Å². The first-order chi connectivity index (χ1) is 8.65. The van der Waals surface area contributed by atoms with Crippen molar-refractivity contribution in [2.75, 3.05) is 13.6 Å². The van der Waals surface area contributed by atoms with Gasteiger partial charge in [0.25, 0.3) is 5.56 Å². The molecule has 0 radical (unpaired) electrons. The summed E-state index contributed by atoms with van der Waals surface area (Å²) in [5, 5.41) is 4.23. The average Bonchev–Trinajstić information content (AvgIpc) is 2.35. The van der Waals surface area contributed by atoms with Gasteiger partial charge in [0, 0.05) is 11.6 Å². The number of nitrogens with one attached hydrogen (secondary N) is 1. The smallest absolute Gasteiger partial charge is 0.254 e. The molecule has 0 saturated carbocycles. The third kappa shape index (κ3) is 2.31. The Labute approximate surface area is 107 Å². The van der Waals surface area contributed by atoms with Gasteiger partial charge in [0.15, 0.2) is 0 Å². The number of para-hydroxylation sites is 1. The van der Waals surface area contributed by atoms with Crippen LogP contribution >= 0.6 is 0 Å². The van der Waals surface area contributed by atoms with Gasteiger partial charge in [0.1, 0.15) is 0 Å². The van der Waals surface area contributed by atoms with Crippen LogP contribution in [0.1, 0.15) is 25.5 Å². The third-order valence-corrected chi connectivity index (χ3v) is 3.18. The molecule has 0 aliphatic heterocycles. The minimum Gasteiger partial charge on any atom is -0.319 e. The average molecular weight is 244 g/mol. The summed E-state index contributed by atoms with van der Waals surface area (Å²) in [6.07, 6.45) is 0.771. The maximum absolute atomic E-state index is 12.5. The number of hydrogen-bond donors (Lipinski definition) is 1. The van der Waals surface area contributed by atoms with E-state index in [9.17, 15) is 4.79 Å². The molecule has 0 unspecified atom stereocenters. The maximum atomic E-state index is 12.5. The molecule has 3 heteroatoms. The number of benzene rings is 1. The van der Waals surface area contributed by atoms with Crippen molar-refractivity contribution in [2.45, 2.75) is 26.3 Å². The van der Waals surface area contributed by atoms with E-state index >= 15 is 0 Å². The second-order valence-electron chi connectivity index (χ2n) is 4.85. The summed E-state index contributed by atoms with van der Waals surface area (Å²) in [5.74, 6) is 0. The summed E-state index contributed by atoms with van der Waals surface area (Å²) >= 11 is 0. The van der Waals surface area contributed by atoms with E-state index < -0.39 is 0 Å². The van der Waals surface area contributed by atoms with Crippen LogP contribution in [-0.4, -0.2) is 18.2 Å². The zero-order valence-corrected chi connectivity index (χ0v) is 11.2. The quantitative estimate of drug-likeness (QED) is 0.895. The van der Waals surface area contributed by atoms with Crippen LogP contribution in [0.4, 0.5) is 0 Å². The van der Waals surface area contributed by atoms with Crippen molar-refractivity contribution in [3.05, 3.63) is 46.2 Å². The van der Waals surface area contributed by atoms with E-state index in [0.717, 1.165) is 29.4 Å². The predicted molar refractivity (Wildman–Crippen MR) is 76.2 cm³/mol. The lowest BCUT2D eigenvalue weighted by Crippen LogP contribution is -2.27. The van der Waals surface area contributed by atoms with E-state index in [1.165, 1.54) is 0 Å². The number of rotatable bonds is 4. The summed E-state index contributed by atoms with van der Waals surface area (Å²) < 4.78 is 1.89. The molecular weight excluding hydrogens is 224 g/mol. The Balaban J connectivity index is 2.68. The molecule has 3 nitrogen and oxygen atoms in total. The molecule has 2 rings (SSSR count). The van der Waals surface area contributed by atoms with Crippen molar-refractivity contribution in [1.82, 2.24) is 9.88 Å². The van der Waals surface area contributed by atoms with Crippen molar-refractivity contribution in [3.8, 4) is 0 Å². The lowest BCUT2D eigenvalue weighted by atomic mass is 10.1. The summed E-state index contributed by atoms with van der Waals surface area (Å²) in [7, 11) is 1.90. The minimum atomic E-state index is 0.138. The fourth-order valence-corrected chi connectivity index (χ4v) is 2.29. The largest absolute Gasteiger partial charge is 0.319 e. The first-order valence-electron chi connectivity index (χ1n) is 6.43. The first kappa shape index (κ1) is 12.8. The summed E-state index contributed by atoms with van der Waals surface area (Å²) in [6.45, 7) is 4.93. The Hall–Kier alpha value is -1.61. The molecule has 0 atom stereocenters. The molecule has 0 aliphatic rings. The van der Waals surface area contributed by atoms with Gasteiger partial charge in [0.2, 0.25) is 0 Å². The minimum absolute atomic E-state index is 0.138. The van der Waals surface area contributed by atoms with Gasteiger partial charge in [-0.15, -0.1) is 0 Å². The highest BCUT2D eigenvalue weighted by Gasteiger charge is 2.10. The van der Waals surface area contributed by atoms with Crippen LogP contribution in [0.2, 0.25) is 0 Å². The monoisotopic (exact) mass is 244 g/mol. The first-order valence-corrected chi connectivity index (χ1v) is 6.43. The molecule has 0 fully saturated rings. The van der Waals surface area contributed by atoms with Gasteiger partial charge in [0.05, 0.1) is 5.52 Å². The molecule has 0 saturated heterocycles. The second-order valence-corrected chi connectivity index (χ2v) is 4.85. The van der Waals surface area contributed by atoms with E-state index in [1.54, 1.807) is 0 Å². The van der Waals surface area contributed by atoms with Gasteiger partial charge in [-0.1, -0.05) is 18.2 Å². The molecular formula is C15H20N2O. The fraction of sp³-hybridized carbons (Fsp3) is 0.400. The van der Waals surface area contributed by atoms with E-state index in [1.807, 2.05) is 35.9 Å². The number of pyridine rings is 1. The summed E-state index contributed by atoms with van der Waals surface area (Å²) in [5.41, 5.74) is 2.04. The standard InChI is InChI=1S/C15H20N2O/c1-11(2)17-14-7-5-4-6-12(14)10-13(15(17)18)8-9-16-3/h4-7,10-11,16H,8-9H2,1-3H3. The summed E-state index contributed by atoms with van der Waals surface area (Å²) in [6, 6.07) is 10.3. The van der Waals surface area contributed by atoms with Crippen molar-refractivity contribution >= 4 is 10.9 Å². The lowest BCUT2D eigenvalue weighted by molar-refractivity contribution is 0.594. The molecule has 0 spiro atoms. The van der Waals surface area contributed by atoms with Gasteiger partial charge in [-0.2, -0.15) is 0 Å². The van der Waals surface area contributed by atoms with Crippen molar-refractivity contribution < 1.29 is 0 Å². The Bertz CT molecular complexity index is 599. The van der Waals surface area contributed by atoms with Gasteiger partial charge in [-0.05, 0) is 51.4 Å². The molecule has 0 aliphatic carbocycles. The van der Waals surface area contributed by atoms with Gasteiger partial charge in [-0.3, -0.25) is 4.79 Å². The number of aromatic nitrogens is 1. The number of likely N-dealkylation sites (N-methyl/N-ethyl adjacent to an activating group) is 1. The highest BCUT2D eigenvalue weighted by molar-refractivity contribution is 5.79. The molecule has 0 bridgehead atoms. The molecule has 1 N–H and O–H groups in total. The molecule has 18 heavy (non-hydrogen) atoms. The van der Waals surface area contributed by atoms with E-state index in [0.29, 0.717) is 0 Å². The number of hydrogen-bond acceptors (Lipinski definition) is 2. The Morgan fingerprint density at radius 2 is 2.00 bits per heavy atom. The van der Waals surface area contributed by atoms with E-state index in [4.69, 9.17) is 0 Å². The van der Waals surface area contributed by atoms with Crippen molar-refractivity contribution in [2.24, 2.45) is 0 Å². The van der Waals surface area contributed by atoms with Crippen LogP contribution in [-0.2, 0) is 6.42 Å². The molecule has 1 heterocycles. The number of fused-ring (bicyclic) bond motifs is 1. The van der Waals surface area contributed by atoms with Gasteiger partial charge in [-0.25, -0.2) is 0 Å². The van der Waals surface area contributed by atoms with Crippen LogP contribution in [0.25, 0.3) is 10.9 Å². The van der Waals surface area contributed by atoms with E-state index in [2.05, 4.69) is 25.2 Å². The highest BCUT2D eigenvalue weighted by atomic mass is 16.1. The molecule has 1 aromatic carbocycles. The summed E-state index contributed by atoms with van der Waals surface area (Å²) in [4.78, 5) is 12.5. The van der Waals surface area contributed by atoms with Crippen LogP contribution < -0.4 is 10.9 Å². The second kappa shape index (κ2) is 5.36. The predicted octanol–water partition coefficient (Wildman–Crippen LogP) is 2.34. The lowest BCUT2D eigenvalue weighted by Gasteiger charge is -2.16. The van der Waals surface area contributed by atoms with Crippen molar-refractivity contribution in [1.29, 1.82) is 0 Å². The SMILES string of the molecule is CNCCc1cc2ccccc2n(C(C)C)c1=O. The Morgan fingerprint density at radius 3 is 2.67 bits per heavy atom. The van der Waals surface area contributed by atoms with Crippen LogP contribution in [0.5, 0.6) is 0 Å². The zero-order valence-electron chi connectivity index (χ0n) is 11.2. The Kier molecular flexibility index (Phi) is 3.82. The van der Waals surface area contributed by atoms with E-state index in [-0.39, 0.29) is 11.6 Å². The van der Waals surface area contributed by atoms with Crippen LogP contribution in [0.15, 0.2) is 35.1 Å². The van der Waals surface area contributed by atoms with Gasteiger partial charge < -0.3 is 9.88 Å². The molecule has 0 amide bonds. The topological polar surface area (TPSA) is 34.0 Å². The Morgan fingerprint density at radius 1 is 1.28 bits per heavy atom. The molecule has 2 aromatic rings. The number of nitrogens with zero attached hydrogens (tertiary/aromatic N) is 1. The fourth-order valence-electron chi connectivity index (χ4n) is 2.29.